The number of benzene rings is 2. The highest BCUT2D eigenvalue weighted by molar-refractivity contribution is 6.20. The molecule has 2 heterocycles. The smallest absolute Gasteiger partial charge is 0.354 e. The number of esters is 1. The number of H-pyrrole nitrogens is 1. The largest absolute Gasteiger partial charge is 0.464 e. The third kappa shape index (κ3) is 1.53. The predicted molar refractivity (Wildman–Crippen MR) is 83.6 cm³/mol. The molecule has 2 aromatic heterocycles. The molecule has 0 saturated heterocycles. The Morgan fingerprint density at radius 1 is 1.14 bits per heavy atom. The number of ether oxygens (including phenoxy) is 1. The molecule has 1 N–H and O–H groups in total. The molecule has 0 atom stereocenters. The van der Waals surface area contributed by atoms with Gasteiger partial charge < -0.3 is 14.3 Å². The molecule has 0 aliphatic carbocycles. The summed E-state index contributed by atoms with van der Waals surface area (Å²) in [5, 5.41) is 3.33. The van der Waals surface area contributed by atoms with Gasteiger partial charge in [-0.1, -0.05) is 24.3 Å². The fraction of sp³-hybridized carbons (Fsp3) is 0.118. The van der Waals surface area contributed by atoms with E-state index in [-0.39, 0.29) is 5.97 Å². The van der Waals surface area contributed by atoms with Crippen molar-refractivity contribution in [1.82, 2.24) is 9.55 Å². The van der Waals surface area contributed by atoms with Crippen LogP contribution >= 0.6 is 0 Å². The number of hydrogen-bond acceptors (Lipinski definition) is 2. The maximum atomic E-state index is 11.7. The first-order valence-electron chi connectivity index (χ1n) is 6.78. The molecule has 0 spiro atoms. The number of para-hydroxylation sites is 1. The van der Waals surface area contributed by atoms with Crippen LogP contribution in [0.3, 0.4) is 0 Å². The number of aromatic nitrogens is 2. The van der Waals surface area contributed by atoms with Crippen LogP contribution in [-0.2, 0) is 11.8 Å². The van der Waals surface area contributed by atoms with Gasteiger partial charge in [0.1, 0.15) is 5.69 Å². The van der Waals surface area contributed by atoms with Gasteiger partial charge in [-0.2, -0.15) is 0 Å². The minimum absolute atomic E-state index is 0.348. The summed E-state index contributed by atoms with van der Waals surface area (Å²) in [6.07, 6.45) is 0. The number of carbonyl (C=O) groups is 1. The fourth-order valence-electron chi connectivity index (χ4n) is 3.07. The van der Waals surface area contributed by atoms with Gasteiger partial charge in [-0.15, -0.1) is 0 Å². The van der Waals surface area contributed by atoms with E-state index in [9.17, 15) is 4.79 Å². The van der Waals surface area contributed by atoms with E-state index in [0.29, 0.717) is 5.69 Å². The first-order valence-corrected chi connectivity index (χ1v) is 6.78. The number of fused-ring (bicyclic) bond motifs is 5. The summed E-state index contributed by atoms with van der Waals surface area (Å²) in [5.74, 6) is -0.348. The van der Waals surface area contributed by atoms with Gasteiger partial charge in [-0.05, 0) is 18.2 Å². The molecule has 104 valence electrons. The molecule has 0 aliphatic rings. The lowest BCUT2D eigenvalue weighted by molar-refractivity contribution is 0.0595. The van der Waals surface area contributed by atoms with E-state index in [4.69, 9.17) is 4.74 Å². The molecule has 0 amide bonds. The Hall–Kier alpha value is -2.75. The number of rotatable bonds is 1. The van der Waals surface area contributed by atoms with Gasteiger partial charge >= 0.3 is 5.97 Å². The molecule has 4 nitrogen and oxygen atoms in total. The second-order valence-corrected chi connectivity index (χ2v) is 5.17. The van der Waals surface area contributed by atoms with Gasteiger partial charge in [0, 0.05) is 28.7 Å². The number of methoxy groups -OCH3 is 1. The maximum Gasteiger partial charge on any atom is 0.354 e. The number of hydrogen-bond donors (Lipinski definition) is 1. The molecule has 4 heteroatoms. The van der Waals surface area contributed by atoms with Crippen LogP contribution in [0.25, 0.3) is 32.7 Å². The Morgan fingerprint density at radius 3 is 2.76 bits per heavy atom. The third-order valence-corrected chi connectivity index (χ3v) is 4.08. The van der Waals surface area contributed by atoms with Crippen molar-refractivity contribution in [3.63, 3.8) is 0 Å². The lowest BCUT2D eigenvalue weighted by atomic mass is 10.1. The first kappa shape index (κ1) is 12.0. The summed E-state index contributed by atoms with van der Waals surface area (Å²) < 4.78 is 6.96. The van der Waals surface area contributed by atoms with Crippen LogP contribution in [0, 0.1) is 0 Å². The van der Waals surface area contributed by atoms with Crippen LogP contribution in [0.2, 0.25) is 0 Å². The SMILES string of the molecule is COC(=O)c1cc2ccc3c(c4ccccc4n3C)c2[nH]1. The summed E-state index contributed by atoms with van der Waals surface area (Å²) in [4.78, 5) is 14.9. The molecule has 0 fully saturated rings. The minimum Gasteiger partial charge on any atom is -0.464 e. The van der Waals surface area contributed by atoms with Crippen molar-refractivity contribution in [2.24, 2.45) is 7.05 Å². The topological polar surface area (TPSA) is 47.0 Å². The van der Waals surface area contributed by atoms with Gasteiger partial charge in [0.15, 0.2) is 0 Å². The van der Waals surface area contributed by atoms with Gasteiger partial charge in [0.25, 0.3) is 0 Å². The zero-order valence-corrected chi connectivity index (χ0v) is 11.8. The van der Waals surface area contributed by atoms with E-state index < -0.39 is 0 Å². The van der Waals surface area contributed by atoms with Crippen molar-refractivity contribution in [3.8, 4) is 0 Å². The number of nitrogens with one attached hydrogen (secondary N) is 1. The molecule has 2 aromatic carbocycles. The monoisotopic (exact) mass is 278 g/mol. The van der Waals surface area contributed by atoms with E-state index in [0.717, 1.165) is 21.8 Å². The lowest BCUT2D eigenvalue weighted by Crippen LogP contribution is -2.00. The van der Waals surface area contributed by atoms with Crippen LogP contribution in [0.1, 0.15) is 10.5 Å². The van der Waals surface area contributed by atoms with Crippen LogP contribution in [0.5, 0.6) is 0 Å². The Labute approximate surface area is 120 Å². The third-order valence-electron chi connectivity index (χ3n) is 4.08. The van der Waals surface area contributed by atoms with Crippen molar-refractivity contribution in [2.45, 2.75) is 0 Å². The lowest BCUT2D eigenvalue weighted by Gasteiger charge is -1.97. The molecular weight excluding hydrogens is 264 g/mol. The highest BCUT2D eigenvalue weighted by Gasteiger charge is 2.15. The normalized spacial score (nSPS) is 11.5. The van der Waals surface area contributed by atoms with Crippen molar-refractivity contribution in [2.75, 3.05) is 7.11 Å². The summed E-state index contributed by atoms with van der Waals surface area (Å²) in [7, 11) is 3.45. The number of aryl methyl sites for hydroxylation is 1. The van der Waals surface area contributed by atoms with E-state index in [1.165, 1.54) is 18.0 Å². The molecule has 0 aliphatic heterocycles. The summed E-state index contributed by atoms with van der Waals surface area (Å²) in [5.41, 5.74) is 3.77. The summed E-state index contributed by atoms with van der Waals surface area (Å²) >= 11 is 0. The molecule has 0 radical (unpaired) electrons. The van der Waals surface area contributed by atoms with Crippen LogP contribution in [0.15, 0.2) is 42.5 Å². The van der Waals surface area contributed by atoms with Crippen LogP contribution < -0.4 is 0 Å². The Morgan fingerprint density at radius 2 is 1.95 bits per heavy atom. The molecule has 0 bridgehead atoms. The Bertz CT molecular complexity index is 1010. The molecule has 0 saturated carbocycles. The van der Waals surface area contributed by atoms with Crippen LogP contribution in [0.4, 0.5) is 0 Å². The van der Waals surface area contributed by atoms with Gasteiger partial charge in [-0.25, -0.2) is 4.79 Å². The van der Waals surface area contributed by atoms with Gasteiger partial charge in [0.05, 0.1) is 18.1 Å². The second kappa shape index (κ2) is 4.12. The standard InChI is InChI=1S/C17H14N2O2/c1-19-13-6-4-3-5-11(13)15-14(19)8-7-10-9-12(17(20)21-2)18-16(10)15/h3-9,18H,1-2H3. The quantitative estimate of drug-likeness (QED) is 0.541. The highest BCUT2D eigenvalue weighted by Crippen LogP contribution is 2.33. The number of aromatic amines is 1. The van der Waals surface area contributed by atoms with E-state index >= 15 is 0 Å². The number of nitrogens with zero attached hydrogens (tertiary/aromatic N) is 1. The first-order chi connectivity index (χ1) is 10.2. The van der Waals surface area contributed by atoms with E-state index in [1.54, 1.807) is 0 Å². The maximum absolute atomic E-state index is 11.7. The minimum atomic E-state index is -0.348. The average molecular weight is 278 g/mol. The van der Waals surface area contributed by atoms with Crippen molar-refractivity contribution in [1.29, 1.82) is 0 Å². The zero-order valence-electron chi connectivity index (χ0n) is 11.8. The summed E-state index contributed by atoms with van der Waals surface area (Å²) in [6, 6.07) is 14.2. The van der Waals surface area contributed by atoms with E-state index in [2.05, 4.69) is 34.8 Å². The zero-order chi connectivity index (χ0) is 14.6. The molecule has 21 heavy (non-hydrogen) atoms. The Balaban J connectivity index is 2.20. The number of carbonyl (C=O) groups excluding carboxylic acids is 1. The fourth-order valence-corrected chi connectivity index (χ4v) is 3.07. The van der Waals surface area contributed by atoms with E-state index in [1.807, 2.05) is 24.3 Å². The molecule has 0 unspecified atom stereocenters. The highest BCUT2D eigenvalue weighted by atomic mass is 16.5. The molecule has 4 aromatic rings. The van der Waals surface area contributed by atoms with Crippen molar-refractivity contribution >= 4 is 38.7 Å². The van der Waals surface area contributed by atoms with Gasteiger partial charge in [0.2, 0.25) is 0 Å². The second-order valence-electron chi connectivity index (χ2n) is 5.17. The van der Waals surface area contributed by atoms with Crippen molar-refractivity contribution in [3.05, 3.63) is 48.2 Å². The average Bonchev–Trinajstić information content (AvgIpc) is 3.07. The summed E-state index contributed by atoms with van der Waals surface area (Å²) in [6.45, 7) is 0. The Kier molecular flexibility index (Phi) is 2.36. The van der Waals surface area contributed by atoms with Gasteiger partial charge in [-0.3, -0.25) is 0 Å². The van der Waals surface area contributed by atoms with Crippen LogP contribution in [-0.4, -0.2) is 22.6 Å². The molecule has 4 rings (SSSR count). The predicted octanol–water partition coefficient (Wildman–Crippen LogP) is 3.60. The molecular formula is C17H14N2O2. The van der Waals surface area contributed by atoms with Crippen molar-refractivity contribution < 1.29 is 9.53 Å².